The summed E-state index contributed by atoms with van der Waals surface area (Å²) in [5, 5.41) is 8.55. The van der Waals surface area contributed by atoms with E-state index in [1.807, 2.05) is 24.1 Å². The van der Waals surface area contributed by atoms with Gasteiger partial charge in [0.25, 0.3) is 0 Å². The standard InChI is InChI=1S/C12H16BrNO2/c1-14(8-6-12(15)16)7-5-10-3-2-4-11(13)9-10/h2-4,9H,5-8H2,1H3,(H,15,16). The smallest absolute Gasteiger partial charge is 0.304 e. The van der Waals surface area contributed by atoms with Crippen LogP contribution >= 0.6 is 15.9 Å². The molecule has 4 heteroatoms. The Morgan fingerprint density at radius 2 is 2.19 bits per heavy atom. The molecule has 1 aromatic carbocycles. The summed E-state index contributed by atoms with van der Waals surface area (Å²) in [4.78, 5) is 12.4. The number of hydrogen-bond donors (Lipinski definition) is 1. The van der Waals surface area contributed by atoms with Crippen LogP contribution in [0.4, 0.5) is 0 Å². The maximum Gasteiger partial charge on any atom is 0.304 e. The van der Waals surface area contributed by atoms with Crippen molar-refractivity contribution in [3.63, 3.8) is 0 Å². The van der Waals surface area contributed by atoms with E-state index in [2.05, 4.69) is 28.1 Å². The zero-order chi connectivity index (χ0) is 12.0. The van der Waals surface area contributed by atoms with E-state index in [4.69, 9.17) is 5.11 Å². The van der Waals surface area contributed by atoms with Gasteiger partial charge in [-0.05, 0) is 31.2 Å². The van der Waals surface area contributed by atoms with Gasteiger partial charge in [-0.2, -0.15) is 0 Å². The van der Waals surface area contributed by atoms with Gasteiger partial charge >= 0.3 is 5.97 Å². The summed E-state index contributed by atoms with van der Waals surface area (Å²) in [5.41, 5.74) is 1.26. The van der Waals surface area contributed by atoms with Crippen molar-refractivity contribution in [1.82, 2.24) is 4.90 Å². The van der Waals surface area contributed by atoms with Crippen LogP contribution in [0.3, 0.4) is 0 Å². The van der Waals surface area contributed by atoms with Crippen LogP contribution < -0.4 is 0 Å². The molecular weight excluding hydrogens is 270 g/mol. The number of carbonyl (C=O) groups is 1. The topological polar surface area (TPSA) is 40.5 Å². The zero-order valence-corrected chi connectivity index (χ0v) is 10.9. The second kappa shape index (κ2) is 6.66. The summed E-state index contributed by atoms with van der Waals surface area (Å²) >= 11 is 3.43. The summed E-state index contributed by atoms with van der Waals surface area (Å²) in [6.45, 7) is 1.48. The summed E-state index contributed by atoms with van der Waals surface area (Å²) < 4.78 is 1.08. The Labute approximate surface area is 104 Å². The summed E-state index contributed by atoms with van der Waals surface area (Å²) in [7, 11) is 1.95. The molecule has 0 bridgehead atoms. The Bertz CT molecular complexity index is 355. The van der Waals surface area contributed by atoms with Crippen LogP contribution in [-0.4, -0.2) is 36.1 Å². The average molecular weight is 286 g/mol. The molecule has 0 unspecified atom stereocenters. The Morgan fingerprint density at radius 1 is 1.44 bits per heavy atom. The van der Waals surface area contributed by atoms with Crippen LogP contribution in [-0.2, 0) is 11.2 Å². The van der Waals surface area contributed by atoms with E-state index in [0.717, 1.165) is 17.4 Å². The zero-order valence-electron chi connectivity index (χ0n) is 9.32. The maximum atomic E-state index is 10.4. The van der Waals surface area contributed by atoms with Crippen molar-refractivity contribution >= 4 is 21.9 Å². The fourth-order valence-electron chi connectivity index (χ4n) is 1.41. The van der Waals surface area contributed by atoms with Gasteiger partial charge in [0.1, 0.15) is 0 Å². The van der Waals surface area contributed by atoms with Gasteiger partial charge in [-0.1, -0.05) is 28.1 Å². The van der Waals surface area contributed by atoms with Crippen LogP contribution in [0.25, 0.3) is 0 Å². The lowest BCUT2D eigenvalue weighted by molar-refractivity contribution is -0.137. The fourth-order valence-corrected chi connectivity index (χ4v) is 1.86. The SMILES string of the molecule is CN(CCC(=O)O)CCc1cccc(Br)c1. The van der Waals surface area contributed by atoms with Gasteiger partial charge in [0.15, 0.2) is 0 Å². The van der Waals surface area contributed by atoms with E-state index in [-0.39, 0.29) is 6.42 Å². The van der Waals surface area contributed by atoms with Crippen molar-refractivity contribution in [3.05, 3.63) is 34.3 Å². The van der Waals surface area contributed by atoms with Gasteiger partial charge in [0.05, 0.1) is 6.42 Å². The number of nitrogens with zero attached hydrogens (tertiary/aromatic N) is 1. The van der Waals surface area contributed by atoms with E-state index in [1.165, 1.54) is 5.56 Å². The number of aliphatic carboxylic acids is 1. The van der Waals surface area contributed by atoms with Gasteiger partial charge in [0.2, 0.25) is 0 Å². The normalized spacial score (nSPS) is 10.7. The van der Waals surface area contributed by atoms with Crippen LogP contribution in [0.15, 0.2) is 28.7 Å². The largest absolute Gasteiger partial charge is 0.481 e. The number of carboxylic acids is 1. The molecule has 0 saturated heterocycles. The highest BCUT2D eigenvalue weighted by Crippen LogP contribution is 2.12. The number of halogens is 1. The van der Waals surface area contributed by atoms with Gasteiger partial charge < -0.3 is 10.0 Å². The summed E-state index contributed by atoms with van der Waals surface area (Å²) in [6, 6.07) is 8.18. The molecule has 0 atom stereocenters. The Hall–Kier alpha value is -0.870. The molecule has 16 heavy (non-hydrogen) atoms. The molecule has 0 saturated carbocycles. The third-order valence-electron chi connectivity index (χ3n) is 2.38. The molecule has 88 valence electrons. The van der Waals surface area contributed by atoms with Gasteiger partial charge in [-0.25, -0.2) is 0 Å². The molecule has 0 aliphatic rings. The first kappa shape index (κ1) is 13.2. The quantitative estimate of drug-likeness (QED) is 0.873. The van der Waals surface area contributed by atoms with Crippen molar-refractivity contribution in [2.24, 2.45) is 0 Å². The highest BCUT2D eigenvalue weighted by Gasteiger charge is 2.02. The van der Waals surface area contributed by atoms with Crippen molar-refractivity contribution in [3.8, 4) is 0 Å². The number of rotatable bonds is 6. The maximum absolute atomic E-state index is 10.4. The molecule has 1 aromatic rings. The van der Waals surface area contributed by atoms with Crippen molar-refractivity contribution < 1.29 is 9.90 Å². The second-order valence-corrected chi connectivity index (χ2v) is 4.74. The van der Waals surface area contributed by atoms with Crippen LogP contribution in [0.1, 0.15) is 12.0 Å². The van der Waals surface area contributed by atoms with Crippen molar-refractivity contribution in [2.75, 3.05) is 20.1 Å². The lowest BCUT2D eigenvalue weighted by Gasteiger charge is -2.15. The van der Waals surface area contributed by atoms with E-state index >= 15 is 0 Å². The molecule has 0 amide bonds. The highest BCUT2D eigenvalue weighted by atomic mass is 79.9. The molecule has 1 rings (SSSR count). The number of benzene rings is 1. The molecule has 1 N–H and O–H groups in total. The molecule has 0 spiro atoms. The first-order chi connectivity index (χ1) is 7.58. The summed E-state index contributed by atoms with van der Waals surface area (Å²) in [6.07, 6.45) is 1.14. The average Bonchev–Trinajstić information content (AvgIpc) is 2.23. The van der Waals surface area contributed by atoms with Crippen LogP contribution in [0, 0.1) is 0 Å². The van der Waals surface area contributed by atoms with Crippen LogP contribution in [0.5, 0.6) is 0 Å². The minimum Gasteiger partial charge on any atom is -0.481 e. The van der Waals surface area contributed by atoms with Gasteiger partial charge in [-0.3, -0.25) is 4.79 Å². The molecule has 0 heterocycles. The van der Waals surface area contributed by atoms with E-state index in [1.54, 1.807) is 0 Å². The first-order valence-corrected chi connectivity index (χ1v) is 6.02. The second-order valence-electron chi connectivity index (χ2n) is 3.83. The number of carboxylic acid groups (broad SMARTS) is 1. The van der Waals surface area contributed by atoms with E-state index in [0.29, 0.717) is 6.54 Å². The lowest BCUT2D eigenvalue weighted by atomic mass is 10.1. The van der Waals surface area contributed by atoms with E-state index < -0.39 is 5.97 Å². The molecule has 0 aliphatic carbocycles. The number of likely N-dealkylation sites (N-methyl/N-ethyl adjacent to an activating group) is 1. The minimum absolute atomic E-state index is 0.203. The predicted molar refractivity (Wildman–Crippen MR) is 67.6 cm³/mol. The molecule has 0 aromatic heterocycles. The monoisotopic (exact) mass is 285 g/mol. The molecule has 0 aliphatic heterocycles. The third kappa shape index (κ3) is 5.28. The number of hydrogen-bond acceptors (Lipinski definition) is 2. The molecule has 0 radical (unpaired) electrons. The van der Waals surface area contributed by atoms with Gasteiger partial charge in [-0.15, -0.1) is 0 Å². The fraction of sp³-hybridized carbons (Fsp3) is 0.417. The Morgan fingerprint density at radius 3 is 2.81 bits per heavy atom. The lowest BCUT2D eigenvalue weighted by Crippen LogP contribution is -2.24. The highest BCUT2D eigenvalue weighted by molar-refractivity contribution is 9.10. The van der Waals surface area contributed by atoms with E-state index in [9.17, 15) is 4.79 Å². The van der Waals surface area contributed by atoms with Gasteiger partial charge in [0, 0.05) is 17.6 Å². The minimum atomic E-state index is -0.741. The van der Waals surface area contributed by atoms with Crippen molar-refractivity contribution in [2.45, 2.75) is 12.8 Å². The van der Waals surface area contributed by atoms with Crippen molar-refractivity contribution in [1.29, 1.82) is 0 Å². The Kier molecular flexibility index (Phi) is 5.49. The third-order valence-corrected chi connectivity index (χ3v) is 2.87. The predicted octanol–water partition coefficient (Wildman–Crippen LogP) is 2.40. The molecule has 3 nitrogen and oxygen atoms in total. The molecule has 0 fully saturated rings. The summed E-state index contributed by atoms with van der Waals surface area (Å²) in [5.74, 6) is -0.741. The molecular formula is C12H16BrNO2. The first-order valence-electron chi connectivity index (χ1n) is 5.22. The van der Waals surface area contributed by atoms with Crippen LogP contribution in [0.2, 0.25) is 0 Å². The Balaban J connectivity index is 2.31.